The zero-order valence-corrected chi connectivity index (χ0v) is 11.9. The molecule has 0 unspecified atom stereocenters. The fraction of sp³-hybridized carbons (Fsp3) is 0.286. The van der Waals surface area contributed by atoms with Crippen molar-refractivity contribution in [1.29, 1.82) is 0 Å². The van der Waals surface area contributed by atoms with Crippen molar-refractivity contribution < 1.29 is 23.9 Å². The van der Waals surface area contributed by atoms with E-state index in [4.69, 9.17) is 4.74 Å². The molecule has 1 aliphatic rings. The van der Waals surface area contributed by atoms with Crippen LogP contribution in [0.4, 0.5) is 4.79 Å². The Balaban J connectivity index is 2.25. The molecule has 21 heavy (non-hydrogen) atoms. The minimum atomic E-state index is -0.998. The minimum Gasteiger partial charge on any atom is -0.496 e. The van der Waals surface area contributed by atoms with Gasteiger partial charge in [-0.15, -0.1) is 0 Å². The Bertz CT molecular complexity index is 653. The first-order valence-electron chi connectivity index (χ1n) is 6.18. The number of imide groups is 2. The Morgan fingerprint density at radius 3 is 2.38 bits per heavy atom. The molecule has 1 heterocycles. The molecule has 4 amide bonds. The van der Waals surface area contributed by atoms with E-state index < -0.39 is 30.2 Å². The predicted octanol–water partition coefficient (Wildman–Crippen LogP) is 0.607. The highest BCUT2D eigenvalue weighted by molar-refractivity contribution is 6.45. The Kier molecular flexibility index (Phi) is 3.75. The number of methoxy groups -OCH3 is 1. The number of Topliss-reactive ketones (excluding diaryl/α,β-unsaturated/α-hetero) is 1. The topological polar surface area (TPSA) is 84.0 Å². The largest absolute Gasteiger partial charge is 0.496 e. The fourth-order valence-electron chi connectivity index (χ4n) is 2.01. The predicted molar refractivity (Wildman–Crippen MR) is 71.9 cm³/mol. The number of ether oxygens (including phenoxy) is 1. The molecule has 0 aliphatic carbocycles. The number of carbonyl (C=O) groups is 4. The minimum absolute atomic E-state index is 0.255. The van der Waals surface area contributed by atoms with Crippen LogP contribution in [0.3, 0.4) is 0 Å². The second-order valence-electron chi connectivity index (χ2n) is 4.66. The highest BCUT2D eigenvalue weighted by Crippen LogP contribution is 2.21. The SMILES string of the molecule is COc1cc(C)ccc1C(=O)CN1C(=O)C(=O)N(C)C1=O. The van der Waals surface area contributed by atoms with E-state index in [-0.39, 0.29) is 5.56 Å². The number of ketones is 1. The molecule has 1 aromatic rings. The molecule has 2 rings (SSSR count). The van der Waals surface area contributed by atoms with Crippen molar-refractivity contribution in [2.75, 3.05) is 20.7 Å². The summed E-state index contributed by atoms with van der Waals surface area (Å²) in [6, 6.07) is 4.16. The first kappa shape index (κ1) is 14.7. The number of likely N-dealkylation sites (N-methyl/N-ethyl adjacent to an activating group) is 1. The molecule has 110 valence electrons. The van der Waals surface area contributed by atoms with E-state index in [1.807, 2.05) is 6.92 Å². The van der Waals surface area contributed by atoms with E-state index in [9.17, 15) is 19.2 Å². The molecule has 7 heteroatoms. The fourth-order valence-corrected chi connectivity index (χ4v) is 2.01. The lowest BCUT2D eigenvalue weighted by Crippen LogP contribution is -2.36. The summed E-state index contributed by atoms with van der Waals surface area (Å²) >= 11 is 0. The van der Waals surface area contributed by atoms with Crippen LogP contribution in [0.1, 0.15) is 15.9 Å². The number of hydrogen-bond donors (Lipinski definition) is 0. The maximum Gasteiger partial charge on any atom is 0.334 e. The molecule has 1 aliphatic heterocycles. The van der Waals surface area contributed by atoms with Gasteiger partial charge in [-0.1, -0.05) is 6.07 Å². The van der Waals surface area contributed by atoms with Gasteiger partial charge in [0.1, 0.15) is 5.75 Å². The third-order valence-electron chi connectivity index (χ3n) is 3.21. The van der Waals surface area contributed by atoms with Crippen molar-refractivity contribution in [1.82, 2.24) is 9.80 Å². The van der Waals surface area contributed by atoms with Gasteiger partial charge in [-0.3, -0.25) is 19.3 Å². The van der Waals surface area contributed by atoms with Crippen LogP contribution in [-0.2, 0) is 9.59 Å². The normalized spacial score (nSPS) is 14.9. The highest BCUT2D eigenvalue weighted by atomic mass is 16.5. The molecule has 0 N–H and O–H groups in total. The molecule has 1 fully saturated rings. The molecular weight excluding hydrogens is 276 g/mol. The van der Waals surface area contributed by atoms with E-state index in [0.717, 1.165) is 5.56 Å². The van der Waals surface area contributed by atoms with Crippen molar-refractivity contribution in [3.8, 4) is 5.75 Å². The molecular formula is C14H14N2O5. The van der Waals surface area contributed by atoms with Gasteiger partial charge in [0.2, 0.25) is 0 Å². The first-order chi connectivity index (χ1) is 9.86. The lowest BCUT2D eigenvalue weighted by molar-refractivity contribution is -0.142. The number of benzene rings is 1. The van der Waals surface area contributed by atoms with Gasteiger partial charge >= 0.3 is 17.8 Å². The molecule has 0 spiro atoms. The van der Waals surface area contributed by atoms with Crippen LogP contribution >= 0.6 is 0 Å². The number of hydrogen-bond acceptors (Lipinski definition) is 5. The molecule has 0 bridgehead atoms. The summed E-state index contributed by atoms with van der Waals surface area (Å²) in [5.74, 6) is -2.05. The summed E-state index contributed by atoms with van der Waals surface area (Å²) < 4.78 is 5.12. The van der Waals surface area contributed by atoms with Crippen molar-refractivity contribution >= 4 is 23.6 Å². The van der Waals surface area contributed by atoms with Gasteiger partial charge in [-0.05, 0) is 24.6 Å². The first-order valence-corrected chi connectivity index (χ1v) is 6.18. The van der Waals surface area contributed by atoms with Gasteiger partial charge < -0.3 is 4.74 Å². The average molecular weight is 290 g/mol. The third kappa shape index (κ3) is 2.49. The van der Waals surface area contributed by atoms with Crippen LogP contribution in [0.25, 0.3) is 0 Å². The van der Waals surface area contributed by atoms with E-state index >= 15 is 0 Å². The van der Waals surface area contributed by atoms with Crippen molar-refractivity contribution in [3.05, 3.63) is 29.3 Å². The summed E-state index contributed by atoms with van der Waals surface area (Å²) in [5.41, 5.74) is 1.16. The Morgan fingerprint density at radius 2 is 1.86 bits per heavy atom. The van der Waals surface area contributed by atoms with Crippen molar-refractivity contribution in [3.63, 3.8) is 0 Å². The van der Waals surface area contributed by atoms with E-state index in [0.29, 0.717) is 15.5 Å². The van der Waals surface area contributed by atoms with E-state index in [2.05, 4.69) is 0 Å². The van der Waals surface area contributed by atoms with Gasteiger partial charge in [0.05, 0.1) is 19.2 Å². The van der Waals surface area contributed by atoms with Gasteiger partial charge in [0.25, 0.3) is 0 Å². The Morgan fingerprint density at radius 1 is 1.19 bits per heavy atom. The molecule has 0 aromatic heterocycles. The lowest BCUT2D eigenvalue weighted by Gasteiger charge is -2.13. The monoisotopic (exact) mass is 290 g/mol. The van der Waals surface area contributed by atoms with Gasteiger partial charge in [0.15, 0.2) is 5.78 Å². The second-order valence-corrected chi connectivity index (χ2v) is 4.66. The van der Waals surface area contributed by atoms with Crippen LogP contribution in [-0.4, -0.2) is 54.1 Å². The standard InChI is InChI=1S/C14H14N2O5/c1-8-4-5-9(11(6-8)21-3)10(17)7-16-13(19)12(18)15(2)14(16)20/h4-6H,7H2,1-3H3. The molecule has 1 saturated heterocycles. The van der Waals surface area contributed by atoms with Crippen molar-refractivity contribution in [2.45, 2.75) is 6.92 Å². The quantitative estimate of drug-likeness (QED) is 0.461. The maximum absolute atomic E-state index is 12.2. The number of urea groups is 1. The number of rotatable bonds is 4. The maximum atomic E-state index is 12.2. The number of nitrogens with zero attached hydrogens (tertiary/aromatic N) is 2. The highest BCUT2D eigenvalue weighted by Gasteiger charge is 2.43. The van der Waals surface area contributed by atoms with Crippen molar-refractivity contribution in [2.24, 2.45) is 0 Å². The molecule has 0 radical (unpaired) electrons. The van der Waals surface area contributed by atoms with Gasteiger partial charge in [-0.25, -0.2) is 9.69 Å². The number of amides is 4. The van der Waals surface area contributed by atoms with Gasteiger partial charge in [0, 0.05) is 7.05 Å². The van der Waals surface area contributed by atoms with E-state index in [1.165, 1.54) is 14.2 Å². The van der Waals surface area contributed by atoms with E-state index in [1.54, 1.807) is 18.2 Å². The molecule has 0 saturated carbocycles. The third-order valence-corrected chi connectivity index (χ3v) is 3.21. The number of carbonyl (C=O) groups excluding carboxylic acids is 4. The van der Waals surface area contributed by atoms with Gasteiger partial charge in [-0.2, -0.15) is 0 Å². The summed E-state index contributed by atoms with van der Waals surface area (Å²) in [6.45, 7) is 1.35. The van der Waals surface area contributed by atoms with Crippen LogP contribution in [0.5, 0.6) is 5.75 Å². The second kappa shape index (κ2) is 5.35. The zero-order chi connectivity index (χ0) is 15.7. The van der Waals surface area contributed by atoms with Crippen LogP contribution in [0.15, 0.2) is 18.2 Å². The average Bonchev–Trinajstić information content (AvgIpc) is 2.64. The zero-order valence-electron chi connectivity index (χ0n) is 11.9. The lowest BCUT2D eigenvalue weighted by atomic mass is 10.1. The Hall–Kier alpha value is -2.70. The summed E-state index contributed by atoms with van der Waals surface area (Å²) in [4.78, 5) is 48.3. The number of aryl methyl sites for hydroxylation is 1. The molecule has 0 atom stereocenters. The van der Waals surface area contributed by atoms with Crippen LogP contribution < -0.4 is 4.74 Å². The Labute approximate surface area is 121 Å². The molecule has 7 nitrogen and oxygen atoms in total. The smallest absolute Gasteiger partial charge is 0.334 e. The summed E-state index contributed by atoms with van der Waals surface area (Å²) in [5, 5.41) is 0. The molecule has 1 aromatic carbocycles. The van der Waals surface area contributed by atoms with Crippen LogP contribution in [0, 0.1) is 6.92 Å². The van der Waals surface area contributed by atoms with Crippen LogP contribution in [0.2, 0.25) is 0 Å². The summed E-state index contributed by atoms with van der Waals surface area (Å²) in [7, 11) is 2.62. The summed E-state index contributed by atoms with van der Waals surface area (Å²) in [6.07, 6.45) is 0.